The first-order chi connectivity index (χ1) is 12.0. The molecule has 0 atom stereocenters. The molecule has 0 amide bonds. The zero-order valence-electron chi connectivity index (χ0n) is 12.6. The van der Waals surface area contributed by atoms with Gasteiger partial charge in [-0.2, -0.15) is 13.2 Å². The normalized spacial score (nSPS) is 16.3. The zero-order chi connectivity index (χ0) is 19.3. The van der Waals surface area contributed by atoms with E-state index < -0.39 is 48.5 Å². The van der Waals surface area contributed by atoms with Crippen LogP contribution in [-0.2, 0) is 9.53 Å². The number of halogens is 6. The molecule has 0 unspecified atom stereocenters. The highest BCUT2D eigenvalue weighted by molar-refractivity contribution is 6.00. The third kappa shape index (κ3) is 3.41. The standard InChI is InChI=1S/C15H8F6N2O3/c16-9-2-7-1-8(12(24)26-13(25)15(19,20)21)4-22-10(7)3-11(9)23-5-14(17,18)6-23/h1-4H,5-6H2. The maximum absolute atomic E-state index is 14.1. The second-order valence-electron chi connectivity index (χ2n) is 5.61. The first-order valence-corrected chi connectivity index (χ1v) is 7.02. The van der Waals surface area contributed by atoms with Gasteiger partial charge in [-0.1, -0.05) is 0 Å². The van der Waals surface area contributed by atoms with Gasteiger partial charge in [0.15, 0.2) is 0 Å². The van der Waals surface area contributed by atoms with Gasteiger partial charge in [0, 0.05) is 11.6 Å². The van der Waals surface area contributed by atoms with Crippen molar-refractivity contribution in [1.29, 1.82) is 0 Å². The summed E-state index contributed by atoms with van der Waals surface area (Å²) in [5.74, 6) is -8.07. The molecule has 0 bridgehead atoms. The number of hydrogen-bond donors (Lipinski definition) is 0. The molecule has 138 valence electrons. The predicted octanol–water partition coefficient (Wildman–Crippen LogP) is 3.07. The maximum atomic E-state index is 14.1. The number of aromatic nitrogens is 1. The van der Waals surface area contributed by atoms with Crippen LogP contribution in [-0.4, -0.2) is 42.1 Å². The second kappa shape index (κ2) is 5.85. The molecule has 1 aliphatic rings. The van der Waals surface area contributed by atoms with E-state index in [-0.39, 0.29) is 16.6 Å². The van der Waals surface area contributed by atoms with Gasteiger partial charge in [0.1, 0.15) is 5.82 Å². The summed E-state index contributed by atoms with van der Waals surface area (Å²) in [5, 5.41) is 0.0208. The molecular weight excluding hydrogens is 370 g/mol. The molecule has 2 heterocycles. The van der Waals surface area contributed by atoms with Crippen LogP contribution in [0.2, 0.25) is 0 Å². The van der Waals surface area contributed by atoms with Gasteiger partial charge in [0.05, 0.1) is 29.9 Å². The Kier molecular flexibility index (Phi) is 4.04. The van der Waals surface area contributed by atoms with E-state index in [4.69, 9.17) is 0 Å². The summed E-state index contributed by atoms with van der Waals surface area (Å²) in [4.78, 5) is 27.1. The predicted molar refractivity (Wildman–Crippen MR) is 75.3 cm³/mol. The van der Waals surface area contributed by atoms with Crippen molar-refractivity contribution in [3.63, 3.8) is 0 Å². The molecule has 1 aromatic carbocycles. The smallest absolute Gasteiger partial charge is 0.383 e. The van der Waals surface area contributed by atoms with E-state index in [1.165, 1.54) is 6.07 Å². The summed E-state index contributed by atoms with van der Waals surface area (Å²) < 4.78 is 79.9. The van der Waals surface area contributed by atoms with Crippen LogP contribution in [0.1, 0.15) is 10.4 Å². The minimum absolute atomic E-state index is 0.0208. The van der Waals surface area contributed by atoms with Crippen molar-refractivity contribution >= 4 is 28.5 Å². The highest BCUT2D eigenvalue weighted by Gasteiger charge is 2.45. The molecule has 0 aliphatic carbocycles. The first kappa shape index (κ1) is 18.0. The Morgan fingerprint density at radius 3 is 2.38 bits per heavy atom. The number of alkyl halides is 5. The highest BCUT2D eigenvalue weighted by atomic mass is 19.4. The molecule has 0 N–H and O–H groups in total. The topological polar surface area (TPSA) is 59.5 Å². The van der Waals surface area contributed by atoms with Crippen LogP contribution in [0.25, 0.3) is 10.9 Å². The van der Waals surface area contributed by atoms with E-state index in [1.54, 1.807) is 0 Å². The fourth-order valence-electron chi connectivity index (χ4n) is 2.37. The zero-order valence-corrected chi connectivity index (χ0v) is 12.6. The lowest BCUT2D eigenvalue weighted by molar-refractivity contribution is -0.193. The molecule has 1 aromatic heterocycles. The molecule has 2 aromatic rings. The summed E-state index contributed by atoms with van der Waals surface area (Å²) in [7, 11) is 0. The lowest BCUT2D eigenvalue weighted by atomic mass is 10.1. The van der Waals surface area contributed by atoms with E-state index in [0.717, 1.165) is 23.2 Å². The van der Waals surface area contributed by atoms with Crippen molar-refractivity contribution in [3.05, 3.63) is 35.8 Å². The van der Waals surface area contributed by atoms with Crippen molar-refractivity contribution in [2.75, 3.05) is 18.0 Å². The van der Waals surface area contributed by atoms with Crippen LogP contribution in [0.4, 0.5) is 32.0 Å². The number of nitrogens with zero attached hydrogens (tertiary/aromatic N) is 2. The van der Waals surface area contributed by atoms with Crippen molar-refractivity contribution in [2.45, 2.75) is 12.1 Å². The molecule has 26 heavy (non-hydrogen) atoms. The van der Waals surface area contributed by atoms with E-state index in [2.05, 4.69) is 9.72 Å². The minimum atomic E-state index is -5.35. The fourth-order valence-corrected chi connectivity index (χ4v) is 2.37. The van der Waals surface area contributed by atoms with Crippen molar-refractivity contribution in [2.24, 2.45) is 0 Å². The molecule has 0 saturated carbocycles. The average molecular weight is 378 g/mol. The molecular formula is C15H8F6N2O3. The largest absolute Gasteiger partial charge is 0.491 e. The second-order valence-corrected chi connectivity index (χ2v) is 5.61. The lowest BCUT2D eigenvalue weighted by Gasteiger charge is -2.40. The number of fused-ring (bicyclic) bond motifs is 1. The SMILES string of the molecule is O=C(OC(=O)C(F)(F)F)c1cnc2cc(N3CC(F)(F)C3)c(F)cc2c1. The molecule has 1 saturated heterocycles. The summed E-state index contributed by atoms with van der Waals surface area (Å²) in [5.41, 5.74) is -0.494. The number of anilines is 1. The number of carbonyl (C=O) groups excluding carboxylic acids is 2. The third-order valence-corrected chi connectivity index (χ3v) is 3.59. The number of rotatable bonds is 2. The number of benzene rings is 1. The summed E-state index contributed by atoms with van der Waals surface area (Å²) in [6.45, 7) is -1.31. The number of pyridine rings is 1. The Morgan fingerprint density at radius 1 is 1.15 bits per heavy atom. The third-order valence-electron chi connectivity index (χ3n) is 3.59. The first-order valence-electron chi connectivity index (χ1n) is 7.02. The molecule has 1 aliphatic heterocycles. The number of hydrogen-bond acceptors (Lipinski definition) is 5. The molecule has 11 heteroatoms. The van der Waals surface area contributed by atoms with Crippen LogP contribution in [0.3, 0.4) is 0 Å². The van der Waals surface area contributed by atoms with E-state index in [0.29, 0.717) is 0 Å². The Bertz CT molecular complexity index is 904. The maximum Gasteiger partial charge on any atom is 0.491 e. The molecule has 5 nitrogen and oxygen atoms in total. The van der Waals surface area contributed by atoms with Gasteiger partial charge in [-0.15, -0.1) is 0 Å². The van der Waals surface area contributed by atoms with Crippen LogP contribution >= 0.6 is 0 Å². The molecule has 0 radical (unpaired) electrons. The van der Waals surface area contributed by atoms with Gasteiger partial charge >= 0.3 is 18.1 Å². The number of esters is 2. The average Bonchev–Trinajstić information content (AvgIpc) is 2.50. The van der Waals surface area contributed by atoms with Crippen LogP contribution in [0, 0.1) is 5.82 Å². The Labute approximate surface area is 141 Å². The summed E-state index contributed by atoms with van der Waals surface area (Å²) in [6.07, 6.45) is -4.51. The van der Waals surface area contributed by atoms with Crippen LogP contribution < -0.4 is 4.90 Å². The van der Waals surface area contributed by atoms with E-state index in [9.17, 15) is 35.9 Å². The van der Waals surface area contributed by atoms with Crippen LogP contribution in [0.15, 0.2) is 24.4 Å². The van der Waals surface area contributed by atoms with Gasteiger partial charge in [-0.25, -0.2) is 22.8 Å². The molecule has 3 rings (SSSR count). The number of carbonyl (C=O) groups is 2. The van der Waals surface area contributed by atoms with Gasteiger partial charge < -0.3 is 9.64 Å². The van der Waals surface area contributed by atoms with Gasteiger partial charge in [0.25, 0.3) is 5.92 Å². The van der Waals surface area contributed by atoms with Gasteiger partial charge in [-0.3, -0.25) is 4.98 Å². The Hall–Kier alpha value is -2.85. The lowest BCUT2D eigenvalue weighted by Crippen LogP contribution is -2.56. The van der Waals surface area contributed by atoms with Crippen molar-refractivity contribution in [1.82, 2.24) is 4.98 Å². The summed E-state index contributed by atoms with van der Waals surface area (Å²) >= 11 is 0. The molecule has 0 spiro atoms. The molecule has 1 fully saturated rings. The fraction of sp³-hybridized carbons (Fsp3) is 0.267. The van der Waals surface area contributed by atoms with E-state index in [1.807, 2.05) is 0 Å². The van der Waals surface area contributed by atoms with Crippen molar-refractivity contribution < 1.29 is 40.7 Å². The van der Waals surface area contributed by atoms with Gasteiger partial charge in [0.2, 0.25) is 0 Å². The number of ether oxygens (including phenoxy) is 1. The van der Waals surface area contributed by atoms with Gasteiger partial charge in [-0.05, 0) is 18.2 Å². The van der Waals surface area contributed by atoms with E-state index >= 15 is 0 Å². The highest BCUT2D eigenvalue weighted by Crippen LogP contribution is 2.35. The minimum Gasteiger partial charge on any atom is -0.383 e. The quantitative estimate of drug-likeness (QED) is 0.457. The Morgan fingerprint density at radius 2 is 1.81 bits per heavy atom. The Balaban J connectivity index is 1.86. The van der Waals surface area contributed by atoms with Crippen LogP contribution in [0.5, 0.6) is 0 Å². The van der Waals surface area contributed by atoms with Crippen molar-refractivity contribution in [3.8, 4) is 0 Å². The monoisotopic (exact) mass is 378 g/mol. The summed E-state index contributed by atoms with van der Waals surface area (Å²) in [6, 6.07) is 3.05.